The standard InChI is InChI=1S/C14H10FIN2/c15-12-5-6-14(13(16)7-12)18-9-11-3-1-10(8-17)2-4-11/h1-7,18H,9H2. The minimum absolute atomic E-state index is 0.233. The first kappa shape index (κ1) is 12.8. The van der Waals surface area contributed by atoms with Crippen LogP contribution in [0.4, 0.5) is 10.1 Å². The third-order valence-corrected chi connectivity index (χ3v) is 3.39. The van der Waals surface area contributed by atoms with Gasteiger partial charge < -0.3 is 5.32 Å². The molecule has 0 saturated heterocycles. The molecule has 0 unspecified atom stereocenters. The van der Waals surface area contributed by atoms with Gasteiger partial charge in [0.25, 0.3) is 0 Å². The summed E-state index contributed by atoms with van der Waals surface area (Å²) in [6.07, 6.45) is 0. The Kier molecular flexibility index (Phi) is 4.15. The summed E-state index contributed by atoms with van der Waals surface area (Å²) in [5, 5.41) is 11.9. The average Bonchev–Trinajstić information content (AvgIpc) is 2.38. The van der Waals surface area contributed by atoms with Crippen molar-refractivity contribution in [3.05, 3.63) is 63.0 Å². The molecule has 0 aromatic heterocycles. The summed E-state index contributed by atoms with van der Waals surface area (Å²) < 4.78 is 13.8. The van der Waals surface area contributed by atoms with Crippen LogP contribution in [-0.2, 0) is 6.54 Å². The quantitative estimate of drug-likeness (QED) is 0.851. The van der Waals surface area contributed by atoms with Gasteiger partial charge in [-0.2, -0.15) is 5.26 Å². The van der Waals surface area contributed by atoms with Crippen molar-refractivity contribution in [2.75, 3.05) is 5.32 Å². The predicted molar refractivity (Wildman–Crippen MR) is 77.6 cm³/mol. The normalized spacial score (nSPS) is 9.83. The highest BCUT2D eigenvalue weighted by Crippen LogP contribution is 2.19. The van der Waals surface area contributed by atoms with E-state index in [1.54, 1.807) is 18.2 Å². The van der Waals surface area contributed by atoms with Gasteiger partial charge in [-0.25, -0.2) is 4.39 Å². The third kappa shape index (κ3) is 3.20. The minimum Gasteiger partial charge on any atom is -0.380 e. The van der Waals surface area contributed by atoms with Crippen molar-refractivity contribution in [3.63, 3.8) is 0 Å². The van der Waals surface area contributed by atoms with E-state index in [-0.39, 0.29) is 5.82 Å². The van der Waals surface area contributed by atoms with Crippen molar-refractivity contribution < 1.29 is 4.39 Å². The van der Waals surface area contributed by atoms with Gasteiger partial charge in [0.15, 0.2) is 0 Å². The van der Waals surface area contributed by atoms with Crippen LogP contribution in [0.25, 0.3) is 0 Å². The van der Waals surface area contributed by atoms with Crippen molar-refractivity contribution in [2.24, 2.45) is 0 Å². The topological polar surface area (TPSA) is 35.8 Å². The maximum absolute atomic E-state index is 12.9. The fraction of sp³-hybridized carbons (Fsp3) is 0.0714. The summed E-state index contributed by atoms with van der Waals surface area (Å²) in [4.78, 5) is 0. The number of benzene rings is 2. The molecule has 2 rings (SSSR count). The molecule has 0 spiro atoms. The van der Waals surface area contributed by atoms with Gasteiger partial charge in [-0.3, -0.25) is 0 Å². The fourth-order valence-corrected chi connectivity index (χ4v) is 2.20. The van der Waals surface area contributed by atoms with E-state index < -0.39 is 0 Å². The van der Waals surface area contributed by atoms with E-state index >= 15 is 0 Å². The predicted octanol–water partition coefficient (Wildman–Crippen LogP) is 3.91. The number of anilines is 1. The Morgan fingerprint density at radius 2 is 1.89 bits per heavy atom. The summed E-state index contributed by atoms with van der Waals surface area (Å²) in [6, 6.07) is 14.1. The number of hydrogen-bond donors (Lipinski definition) is 1. The second-order valence-corrected chi connectivity index (χ2v) is 4.95. The monoisotopic (exact) mass is 352 g/mol. The molecule has 0 aliphatic carbocycles. The zero-order valence-electron chi connectivity index (χ0n) is 9.45. The van der Waals surface area contributed by atoms with Crippen LogP contribution in [0.15, 0.2) is 42.5 Å². The maximum Gasteiger partial charge on any atom is 0.124 e. The Hall–Kier alpha value is -1.61. The molecule has 1 N–H and O–H groups in total. The Morgan fingerprint density at radius 3 is 2.50 bits per heavy atom. The summed E-state index contributed by atoms with van der Waals surface area (Å²) >= 11 is 2.09. The highest BCUT2D eigenvalue weighted by atomic mass is 127. The second-order valence-electron chi connectivity index (χ2n) is 3.79. The van der Waals surface area contributed by atoms with Crippen LogP contribution in [0.3, 0.4) is 0 Å². The second kappa shape index (κ2) is 5.83. The van der Waals surface area contributed by atoms with Gasteiger partial charge in [-0.1, -0.05) is 12.1 Å². The van der Waals surface area contributed by atoms with E-state index in [0.29, 0.717) is 12.1 Å². The SMILES string of the molecule is N#Cc1ccc(CNc2ccc(F)cc2I)cc1. The number of hydrogen-bond acceptors (Lipinski definition) is 2. The number of rotatable bonds is 3. The number of halogens is 2. The molecular formula is C14H10FIN2. The molecule has 2 aromatic carbocycles. The molecule has 2 aromatic rings. The fourth-order valence-electron chi connectivity index (χ4n) is 1.53. The summed E-state index contributed by atoms with van der Waals surface area (Å²) in [7, 11) is 0. The van der Waals surface area contributed by atoms with Crippen molar-refractivity contribution in [1.82, 2.24) is 0 Å². The van der Waals surface area contributed by atoms with Crippen molar-refractivity contribution in [2.45, 2.75) is 6.54 Å². The van der Waals surface area contributed by atoms with Gasteiger partial charge in [0.05, 0.1) is 11.6 Å². The molecule has 4 heteroatoms. The molecule has 0 bridgehead atoms. The van der Waals surface area contributed by atoms with E-state index in [0.717, 1.165) is 14.8 Å². The van der Waals surface area contributed by atoms with Gasteiger partial charge >= 0.3 is 0 Å². The van der Waals surface area contributed by atoms with Gasteiger partial charge in [0.1, 0.15) is 5.82 Å². The lowest BCUT2D eigenvalue weighted by molar-refractivity contribution is 0.627. The zero-order chi connectivity index (χ0) is 13.0. The molecule has 0 saturated carbocycles. The number of nitrogens with one attached hydrogen (secondary N) is 1. The van der Waals surface area contributed by atoms with Crippen LogP contribution in [0.2, 0.25) is 0 Å². The third-order valence-electron chi connectivity index (χ3n) is 2.50. The Bertz CT molecular complexity index is 588. The van der Waals surface area contributed by atoms with Gasteiger partial charge in [-0.15, -0.1) is 0 Å². The lowest BCUT2D eigenvalue weighted by atomic mass is 10.1. The van der Waals surface area contributed by atoms with Crippen LogP contribution >= 0.6 is 22.6 Å². The molecule has 0 heterocycles. The van der Waals surface area contributed by atoms with E-state index in [1.807, 2.05) is 12.1 Å². The number of nitrogens with zero attached hydrogens (tertiary/aromatic N) is 1. The van der Waals surface area contributed by atoms with Gasteiger partial charge in [0.2, 0.25) is 0 Å². The first-order chi connectivity index (χ1) is 8.69. The van der Waals surface area contributed by atoms with E-state index in [1.165, 1.54) is 12.1 Å². The maximum atomic E-state index is 12.9. The lowest BCUT2D eigenvalue weighted by Crippen LogP contribution is -2.01. The smallest absolute Gasteiger partial charge is 0.124 e. The molecule has 18 heavy (non-hydrogen) atoms. The minimum atomic E-state index is -0.233. The van der Waals surface area contributed by atoms with Crippen molar-refractivity contribution >= 4 is 28.3 Å². The Balaban J connectivity index is 2.04. The Morgan fingerprint density at radius 1 is 1.17 bits per heavy atom. The lowest BCUT2D eigenvalue weighted by Gasteiger charge is -2.08. The molecule has 0 atom stereocenters. The first-order valence-corrected chi connectivity index (χ1v) is 6.45. The van der Waals surface area contributed by atoms with Crippen molar-refractivity contribution in [1.29, 1.82) is 5.26 Å². The van der Waals surface area contributed by atoms with Gasteiger partial charge in [-0.05, 0) is 58.5 Å². The van der Waals surface area contributed by atoms with Crippen LogP contribution in [-0.4, -0.2) is 0 Å². The molecule has 90 valence electrons. The highest BCUT2D eigenvalue weighted by molar-refractivity contribution is 14.1. The van der Waals surface area contributed by atoms with Crippen LogP contribution in [0.1, 0.15) is 11.1 Å². The molecule has 0 aliphatic rings. The summed E-state index contributed by atoms with van der Waals surface area (Å²) in [5.41, 5.74) is 2.63. The van der Waals surface area contributed by atoms with E-state index in [2.05, 4.69) is 34.0 Å². The molecule has 0 fully saturated rings. The van der Waals surface area contributed by atoms with Crippen LogP contribution < -0.4 is 5.32 Å². The molecule has 2 nitrogen and oxygen atoms in total. The highest BCUT2D eigenvalue weighted by Gasteiger charge is 2.01. The van der Waals surface area contributed by atoms with Crippen LogP contribution in [0.5, 0.6) is 0 Å². The average molecular weight is 352 g/mol. The van der Waals surface area contributed by atoms with Gasteiger partial charge in [0, 0.05) is 15.8 Å². The largest absolute Gasteiger partial charge is 0.380 e. The molecule has 0 amide bonds. The van der Waals surface area contributed by atoms with E-state index in [9.17, 15) is 4.39 Å². The molecule has 0 aliphatic heterocycles. The number of nitriles is 1. The molecular weight excluding hydrogens is 342 g/mol. The molecule has 0 radical (unpaired) electrons. The Labute approximate surface area is 119 Å². The van der Waals surface area contributed by atoms with Crippen LogP contribution in [0, 0.1) is 20.7 Å². The summed E-state index contributed by atoms with van der Waals surface area (Å²) in [6.45, 7) is 0.646. The zero-order valence-corrected chi connectivity index (χ0v) is 11.6. The van der Waals surface area contributed by atoms with E-state index in [4.69, 9.17) is 5.26 Å². The van der Waals surface area contributed by atoms with Crippen molar-refractivity contribution in [3.8, 4) is 6.07 Å². The summed E-state index contributed by atoms with van der Waals surface area (Å²) in [5.74, 6) is -0.233. The first-order valence-electron chi connectivity index (χ1n) is 5.37.